The van der Waals surface area contributed by atoms with Crippen molar-refractivity contribution in [3.8, 4) is 5.75 Å². The molecule has 1 heterocycles. The predicted molar refractivity (Wildman–Crippen MR) is 113 cm³/mol. The van der Waals surface area contributed by atoms with Gasteiger partial charge in [-0.2, -0.15) is 0 Å². The molecule has 1 fully saturated rings. The molecular weight excluding hydrogens is 413 g/mol. The number of aryl methyl sites for hydroxylation is 1. The number of benzene rings is 1. The van der Waals surface area contributed by atoms with Gasteiger partial charge < -0.3 is 15.0 Å². The molecule has 136 valence electrons. The van der Waals surface area contributed by atoms with Crippen LogP contribution in [-0.2, 0) is 6.42 Å². The smallest absolute Gasteiger partial charge is 0.193 e. The molecule has 24 heavy (non-hydrogen) atoms. The van der Waals surface area contributed by atoms with Gasteiger partial charge in [0.25, 0.3) is 0 Å². The Morgan fingerprint density at radius 1 is 1.25 bits per heavy atom. The SMILES string of the molecule is CCNC(=NCCCc1ccc(OC)cc1)N1CCC(C)CC1.I. The zero-order valence-electron chi connectivity index (χ0n) is 15.3. The van der Waals surface area contributed by atoms with Crippen molar-refractivity contribution >= 4 is 29.9 Å². The van der Waals surface area contributed by atoms with Crippen molar-refractivity contribution in [3.63, 3.8) is 0 Å². The highest BCUT2D eigenvalue weighted by Crippen LogP contribution is 2.16. The number of likely N-dealkylation sites (tertiary alicyclic amines) is 1. The van der Waals surface area contributed by atoms with Crippen LogP contribution < -0.4 is 10.1 Å². The molecule has 1 aromatic rings. The van der Waals surface area contributed by atoms with Crippen LogP contribution in [0.2, 0.25) is 0 Å². The minimum absolute atomic E-state index is 0. The van der Waals surface area contributed by atoms with Crippen LogP contribution in [0, 0.1) is 5.92 Å². The van der Waals surface area contributed by atoms with Gasteiger partial charge in [-0.1, -0.05) is 19.1 Å². The number of aliphatic imine (C=N–C) groups is 1. The van der Waals surface area contributed by atoms with Gasteiger partial charge in [0.1, 0.15) is 5.75 Å². The maximum absolute atomic E-state index is 5.19. The highest BCUT2D eigenvalue weighted by molar-refractivity contribution is 14.0. The van der Waals surface area contributed by atoms with Crippen molar-refractivity contribution in [3.05, 3.63) is 29.8 Å². The molecule has 2 rings (SSSR count). The van der Waals surface area contributed by atoms with E-state index in [4.69, 9.17) is 9.73 Å². The Morgan fingerprint density at radius 3 is 2.50 bits per heavy atom. The second-order valence-corrected chi connectivity index (χ2v) is 6.36. The van der Waals surface area contributed by atoms with Gasteiger partial charge in [-0.25, -0.2) is 0 Å². The second-order valence-electron chi connectivity index (χ2n) is 6.36. The van der Waals surface area contributed by atoms with E-state index in [1.807, 2.05) is 12.1 Å². The van der Waals surface area contributed by atoms with Crippen molar-refractivity contribution in [2.45, 2.75) is 39.5 Å². The third kappa shape index (κ3) is 6.87. The molecule has 4 nitrogen and oxygen atoms in total. The lowest BCUT2D eigenvalue weighted by molar-refractivity contribution is 0.273. The molecule has 0 atom stereocenters. The molecule has 1 saturated heterocycles. The van der Waals surface area contributed by atoms with Crippen LogP contribution in [-0.4, -0.2) is 44.1 Å². The van der Waals surface area contributed by atoms with E-state index in [1.54, 1.807) is 7.11 Å². The number of piperidine rings is 1. The number of guanidine groups is 1. The van der Waals surface area contributed by atoms with E-state index in [0.29, 0.717) is 0 Å². The summed E-state index contributed by atoms with van der Waals surface area (Å²) in [6, 6.07) is 8.33. The van der Waals surface area contributed by atoms with Gasteiger partial charge in [0, 0.05) is 26.2 Å². The summed E-state index contributed by atoms with van der Waals surface area (Å²) in [5.41, 5.74) is 1.35. The lowest BCUT2D eigenvalue weighted by Gasteiger charge is -2.33. The van der Waals surface area contributed by atoms with Gasteiger partial charge in [-0.15, -0.1) is 24.0 Å². The van der Waals surface area contributed by atoms with Gasteiger partial charge >= 0.3 is 0 Å². The van der Waals surface area contributed by atoms with Gasteiger partial charge in [0.05, 0.1) is 7.11 Å². The molecule has 1 aliphatic rings. The van der Waals surface area contributed by atoms with Crippen LogP contribution in [0.4, 0.5) is 0 Å². The average Bonchev–Trinajstić information content (AvgIpc) is 2.59. The van der Waals surface area contributed by atoms with Crippen LogP contribution in [0.1, 0.15) is 38.7 Å². The average molecular weight is 445 g/mol. The number of methoxy groups -OCH3 is 1. The van der Waals surface area contributed by atoms with E-state index in [0.717, 1.165) is 56.6 Å². The van der Waals surface area contributed by atoms with Crippen LogP contribution in [0.15, 0.2) is 29.3 Å². The van der Waals surface area contributed by atoms with Crippen molar-refractivity contribution in [1.82, 2.24) is 10.2 Å². The van der Waals surface area contributed by atoms with E-state index in [2.05, 4.69) is 36.2 Å². The number of halogens is 1. The summed E-state index contributed by atoms with van der Waals surface area (Å²) in [7, 11) is 1.70. The monoisotopic (exact) mass is 445 g/mol. The molecule has 0 amide bonds. The van der Waals surface area contributed by atoms with E-state index in [1.165, 1.54) is 18.4 Å². The summed E-state index contributed by atoms with van der Waals surface area (Å²) in [5, 5.41) is 3.44. The molecule has 0 bridgehead atoms. The molecule has 1 N–H and O–H groups in total. The zero-order chi connectivity index (χ0) is 16.5. The summed E-state index contributed by atoms with van der Waals surface area (Å²) in [4.78, 5) is 7.23. The first-order chi connectivity index (χ1) is 11.2. The molecule has 0 aliphatic carbocycles. The summed E-state index contributed by atoms with van der Waals surface area (Å²) >= 11 is 0. The summed E-state index contributed by atoms with van der Waals surface area (Å²) in [6.45, 7) is 8.55. The van der Waals surface area contributed by atoms with Crippen molar-refractivity contribution < 1.29 is 4.74 Å². The number of nitrogens with one attached hydrogen (secondary N) is 1. The van der Waals surface area contributed by atoms with Crippen molar-refractivity contribution in [2.24, 2.45) is 10.9 Å². The topological polar surface area (TPSA) is 36.9 Å². The van der Waals surface area contributed by atoms with Crippen molar-refractivity contribution in [2.75, 3.05) is 33.3 Å². The van der Waals surface area contributed by atoms with Gasteiger partial charge in [-0.05, 0) is 56.2 Å². The molecule has 5 heteroatoms. The number of hydrogen-bond donors (Lipinski definition) is 1. The third-order valence-corrected chi connectivity index (χ3v) is 4.46. The number of nitrogens with zero attached hydrogens (tertiary/aromatic N) is 2. The molecule has 0 spiro atoms. The first-order valence-electron chi connectivity index (χ1n) is 8.89. The van der Waals surface area contributed by atoms with E-state index in [9.17, 15) is 0 Å². The highest BCUT2D eigenvalue weighted by atomic mass is 127. The largest absolute Gasteiger partial charge is 0.497 e. The zero-order valence-corrected chi connectivity index (χ0v) is 17.6. The Hall–Kier alpha value is -0.980. The van der Waals surface area contributed by atoms with Crippen LogP contribution in [0.5, 0.6) is 5.75 Å². The normalized spacial score (nSPS) is 15.8. The molecular formula is C19H32IN3O. The Labute approximate surface area is 164 Å². The molecule has 0 unspecified atom stereocenters. The Kier molecular flexibility index (Phi) is 10.1. The standard InChI is InChI=1S/C19H31N3O.HI/c1-4-20-19(22-14-11-16(2)12-15-22)21-13-5-6-17-7-9-18(23-3)10-8-17;/h7-10,16H,4-6,11-15H2,1-3H3,(H,20,21);1H. The highest BCUT2D eigenvalue weighted by Gasteiger charge is 2.18. The van der Waals surface area contributed by atoms with E-state index >= 15 is 0 Å². The van der Waals surface area contributed by atoms with Gasteiger partial charge in [0.2, 0.25) is 0 Å². The molecule has 0 aromatic heterocycles. The van der Waals surface area contributed by atoms with E-state index in [-0.39, 0.29) is 24.0 Å². The van der Waals surface area contributed by atoms with Crippen molar-refractivity contribution in [1.29, 1.82) is 0 Å². The molecule has 0 radical (unpaired) electrons. The van der Waals surface area contributed by atoms with Crippen LogP contribution >= 0.6 is 24.0 Å². The lowest BCUT2D eigenvalue weighted by Crippen LogP contribution is -2.45. The number of hydrogen-bond acceptors (Lipinski definition) is 2. The Balaban J connectivity index is 0.00000288. The number of rotatable bonds is 6. The lowest BCUT2D eigenvalue weighted by atomic mass is 10.00. The quantitative estimate of drug-likeness (QED) is 0.312. The maximum Gasteiger partial charge on any atom is 0.193 e. The fourth-order valence-electron chi connectivity index (χ4n) is 2.91. The van der Waals surface area contributed by atoms with Gasteiger partial charge in [0.15, 0.2) is 5.96 Å². The summed E-state index contributed by atoms with van der Waals surface area (Å²) in [5.74, 6) is 2.86. The molecule has 1 aromatic carbocycles. The van der Waals surface area contributed by atoms with Crippen LogP contribution in [0.3, 0.4) is 0 Å². The Bertz CT molecular complexity index is 482. The maximum atomic E-state index is 5.19. The first kappa shape index (κ1) is 21.1. The fourth-order valence-corrected chi connectivity index (χ4v) is 2.91. The first-order valence-corrected chi connectivity index (χ1v) is 8.89. The minimum atomic E-state index is 0. The summed E-state index contributed by atoms with van der Waals surface area (Å²) < 4.78 is 5.19. The summed E-state index contributed by atoms with van der Waals surface area (Å²) in [6.07, 6.45) is 4.68. The van der Waals surface area contributed by atoms with Gasteiger partial charge in [-0.3, -0.25) is 4.99 Å². The molecule has 1 aliphatic heterocycles. The predicted octanol–water partition coefficient (Wildman–Crippen LogP) is 3.94. The minimum Gasteiger partial charge on any atom is -0.497 e. The molecule has 0 saturated carbocycles. The van der Waals surface area contributed by atoms with Crippen LogP contribution in [0.25, 0.3) is 0 Å². The third-order valence-electron chi connectivity index (χ3n) is 4.46. The number of ether oxygens (including phenoxy) is 1. The fraction of sp³-hybridized carbons (Fsp3) is 0.632. The second kappa shape index (κ2) is 11.6. The van der Waals surface area contributed by atoms with E-state index < -0.39 is 0 Å². The Morgan fingerprint density at radius 2 is 1.92 bits per heavy atom.